The first-order valence-electron chi connectivity index (χ1n) is 6.47. The minimum atomic E-state index is -0.141. The fraction of sp³-hybridized carbons (Fsp3) is 0.923. The lowest BCUT2D eigenvalue weighted by Gasteiger charge is -2.30. The normalized spacial score (nSPS) is 23.7. The number of carbonyl (C=O) groups is 1. The molecule has 1 heterocycles. The van der Waals surface area contributed by atoms with Crippen molar-refractivity contribution in [1.82, 2.24) is 9.80 Å². The van der Waals surface area contributed by atoms with E-state index < -0.39 is 0 Å². The average molecular weight is 226 g/mol. The van der Waals surface area contributed by atoms with Crippen molar-refractivity contribution >= 4 is 6.29 Å². The molecule has 0 saturated carbocycles. The molecule has 0 bridgehead atoms. The van der Waals surface area contributed by atoms with Crippen LogP contribution in [0.2, 0.25) is 0 Å². The Bertz CT molecular complexity index is 220. The molecule has 0 aromatic carbocycles. The highest BCUT2D eigenvalue weighted by Gasteiger charge is 2.26. The molecule has 16 heavy (non-hydrogen) atoms. The number of aldehydes is 1. The summed E-state index contributed by atoms with van der Waals surface area (Å²) in [5, 5.41) is 0. The van der Waals surface area contributed by atoms with Gasteiger partial charge in [0.05, 0.1) is 0 Å². The number of hydrogen-bond acceptors (Lipinski definition) is 3. The van der Waals surface area contributed by atoms with E-state index in [-0.39, 0.29) is 5.41 Å². The van der Waals surface area contributed by atoms with Gasteiger partial charge in [0.15, 0.2) is 0 Å². The molecule has 0 aromatic heterocycles. The van der Waals surface area contributed by atoms with Crippen molar-refractivity contribution < 1.29 is 4.79 Å². The predicted octanol–water partition coefficient (Wildman–Crippen LogP) is 1.63. The van der Waals surface area contributed by atoms with Gasteiger partial charge in [-0.15, -0.1) is 0 Å². The maximum Gasteiger partial charge on any atom is 0.127 e. The Hall–Kier alpha value is -0.410. The highest BCUT2D eigenvalue weighted by Crippen LogP contribution is 2.22. The highest BCUT2D eigenvalue weighted by atomic mass is 16.1. The zero-order valence-corrected chi connectivity index (χ0v) is 11.0. The standard InChI is InChI=1S/C13H26N2O/c1-4-6-13(2,12-16)11-15-8-5-7-14(3)9-10-15/h12H,4-11H2,1-3H3. The van der Waals surface area contributed by atoms with Crippen LogP contribution in [0.1, 0.15) is 33.1 Å². The lowest BCUT2D eigenvalue weighted by Crippen LogP contribution is -2.39. The van der Waals surface area contributed by atoms with Gasteiger partial charge in [-0.1, -0.05) is 20.3 Å². The summed E-state index contributed by atoms with van der Waals surface area (Å²) in [5.41, 5.74) is -0.141. The average Bonchev–Trinajstić information content (AvgIpc) is 2.44. The van der Waals surface area contributed by atoms with Crippen LogP contribution in [0.4, 0.5) is 0 Å². The first kappa shape index (κ1) is 13.7. The third-order valence-electron chi connectivity index (χ3n) is 3.50. The number of carbonyl (C=O) groups excluding carboxylic acids is 1. The summed E-state index contributed by atoms with van der Waals surface area (Å²) in [6, 6.07) is 0. The van der Waals surface area contributed by atoms with Gasteiger partial charge in [0, 0.05) is 25.0 Å². The summed E-state index contributed by atoms with van der Waals surface area (Å²) in [7, 11) is 2.18. The summed E-state index contributed by atoms with van der Waals surface area (Å²) >= 11 is 0. The molecule has 0 amide bonds. The van der Waals surface area contributed by atoms with E-state index >= 15 is 0 Å². The van der Waals surface area contributed by atoms with Crippen molar-refractivity contribution in [2.75, 3.05) is 39.8 Å². The zero-order chi connectivity index (χ0) is 12.0. The monoisotopic (exact) mass is 226 g/mol. The molecule has 94 valence electrons. The zero-order valence-electron chi connectivity index (χ0n) is 11.0. The Morgan fingerprint density at radius 2 is 2.00 bits per heavy atom. The summed E-state index contributed by atoms with van der Waals surface area (Å²) in [6.45, 7) is 9.72. The van der Waals surface area contributed by atoms with Gasteiger partial charge in [-0.3, -0.25) is 0 Å². The van der Waals surface area contributed by atoms with Crippen LogP contribution in [-0.4, -0.2) is 55.9 Å². The van der Waals surface area contributed by atoms with Gasteiger partial charge in [0.2, 0.25) is 0 Å². The van der Waals surface area contributed by atoms with E-state index in [4.69, 9.17) is 0 Å². The molecular weight excluding hydrogens is 200 g/mol. The third kappa shape index (κ3) is 4.22. The fourth-order valence-corrected chi connectivity index (χ4v) is 2.52. The maximum absolute atomic E-state index is 11.2. The number of nitrogens with zero attached hydrogens (tertiary/aromatic N) is 2. The molecule has 1 fully saturated rings. The third-order valence-corrected chi connectivity index (χ3v) is 3.50. The molecule has 1 rings (SSSR count). The maximum atomic E-state index is 11.2. The van der Waals surface area contributed by atoms with E-state index in [2.05, 4.69) is 30.7 Å². The molecule has 0 spiro atoms. The number of likely N-dealkylation sites (N-methyl/N-ethyl adjacent to an activating group) is 1. The molecule has 1 atom stereocenters. The second-order valence-electron chi connectivity index (χ2n) is 5.45. The predicted molar refractivity (Wildman–Crippen MR) is 67.6 cm³/mol. The summed E-state index contributed by atoms with van der Waals surface area (Å²) in [5.74, 6) is 0. The van der Waals surface area contributed by atoms with E-state index in [0.29, 0.717) is 0 Å². The van der Waals surface area contributed by atoms with E-state index in [0.717, 1.165) is 45.3 Å². The van der Waals surface area contributed by atoms with Crippen molar-refractivity contribution in [1.29, 1.82) is 0 Å². The van der Waals surface area contributed by atoms with Gasteiger partial charge in [-0.05, 0) is 33.0 Å². The molecule has 1 aliphatic heterocycles. The molecule has 1 saturated heterocycles. The second-order valence-corrected chi connectivity index (χ2v) is 5.45. The van der Waals surface area contributed by atoms with Crippen molar-refractivity contribution in [2.24, 2.45) is 5.41 Å². The molecule has 3 heteroatoms. The van der Waals surface area contributed by atoms with Crippen LogP contribution in [0.25, 0.3) is 0 Å². The Morgan fingerprint density at radius 3 is 2.62 bits per heavy atom. The SMILES string of the molecule is CCCC(C)(C=O)CN1CCCN(C)CC1. The van der Waals surface area contributed by atoms with Crippen LogP contribution in [0.5, 0.6) is 0 Å². The lowest BCUT2D eigenvalue weighted by molar-refractivity contribution is -0.116. The van der Waals surface area contributed by atoms with Crippen molar-refractivity contribution in [3.63, 3.8) is 0 Å². The Balaban J connectivity index is 2.47. The quantitative estimate of drug-likeness (QED) is 0.666. The van der Waals surface area contributed by atoms with Crippen LogP contribution in [0.15, 0.2) is 0 Å². The van der Waals surface area contributed by atoms with Crippen LogP contribution in [-0.2, 0) is 4.79 Å². The Labute approximate surface area is 99.8 Å². The van der Waals surface area contributed by atoms with Crippen molar-refractivity contribution in [2.45, 2.75) is 33.1 Å². The van der Waals surface area contributed by atoms with Gasteiger partial charge in [-0.25, -0.2) is 0 Å². The molecule has 0 N–H and O–H groups in total. The van der Waals surface area contributed by atoms with E-state index in [1.54, 1.807) is 0 Å². The van der Waals surface area contributed by atoms with Crippen LogP contribution in [0, 0.1) is 5.41 Å². The molecule has 3 nitrogen and oxygen atoms in total. The minimum Gasteiger partial charge on any atom is -0.305 e. The van der Waals surface area contributed by atoms with Gasteiger partial charge in [0.1, 0.15) is 6.29 Å². The second kappa shape index (κ2) is 6.36. The van der Waals surface area contributed by atoms with E-state index in [1.165, 1.54) is 13.0 Å². The number of hydrogen-bond donors (Lipinski definition) is 0. The van der Waals surface area contributed by atoms with Gasteiger partial charge >= 0.3 is 0 Å². The van der Waals surface area contributed by atoms with Crippen LogP contribution < -0.4 is 0 Å². The first-order chi connectivity index (χ1) is 7.59. The summed E-state index contributed by atoms with van der Waals surface area (Å²) < 4.78 is 0. The highest BCUT2D eigenvalue weighted by molar-refractivity contribution is 5.58. The molecule has 0 aliphatic carbocycles. The van der Waals surface area contributed by atoms with Crippen LogP contribution in [0.3, 0.4) is 0 Å². The smallest absolute Gasteiger partial charge is 0.127 e. The van der Waals surface area contributed by atoms with Crippen molar-refractivity contribution in [3.05, 3.63) is 0 Å². The fourth-order valence-electron chi connectivity index (χ4n) is 2.52. The van der Waals surface area contributed by atoms with Crippen molar-refractivity contribution in [3.8, 4) is 0 Å². The molecular formula is C13H26N2O. The first-order valence-corrected chi connectivity index (χ1v) is 6.47. The summed E-state index contributed by atoms with van der Waals surface area (Å²) in [6.07, 6.45) is 4.47. The number of rotatable bonds is 5. The molecule has 1 aliphatic rings. The Morgan fingerprint density at radius 1 is 1.25 bits per heavy atom. The lowest BCUT2D eigenvalue weighted by atomic mass is 9.86. The molecule has 0 aromatic rings. The van der Waals surface area contributed by atoms with Gasteiger partial charge in [0.25, 0.3) is 0 Å². The minimum absolute atomic E-state index is 0.141. The van der Waals surface area contributed by atoms with E-state index in [1.807, 2.05) is 0 Å². The topological polar surface area (TPSA) is 23.6 Å². The van der Waals surface area contributed by atoms with Gasteiger partial charge < -0.3 is 14.6 Å². The molecule has 1 unspecified atom stereocenters. The summed E-state index contributed by atoms with van der Waals surface area (Å²) in [4.78, 5) is 16.0. The van der Waals surface area contributed by atoms with E-state index in [9.17, 15) is 4.79 Å². The van der Waals surface area contributed by atoms with Crippen LogP contribution >= 0.6 is 0 Å². The Kier molecular flexibility index (Phi) is 5.42. The largest absolute Gasteiger partial charge is 0.305 e. The molecule has 0 radical (unpaired) electrons. The van der Waals surface area contributed by atoms with Gasteiger partial charge in [-0.2, -0.15) is 0 Å².